The third-order valence-corrected chi connectivity index (χ3v) is 4.87. The number of fused-ring (bicyclic) bond motifs is 1. The molecule has 0 aliphatic carbocycles. The smallest absolute Gasteiger partial charge is 0.138 e. The Kier molecular flexibility index (Phi) is 3.57. The van der Waals surface area contributed by atoms with Crippen LogP contribution < -0.4 is 4.74 Å². The van der Waals surface area contributed by atoms with Crippen LogP contribution in [0.25, 0.3) is 0 Å². The van der Waals surface area contributed by atoms with Crippen LogP contribution in [-0.2, 0) is 0 Å². The first-order valence-corrected chi connectivity index (χ1v) is 7.74. The quantitative estimate of drug-likeness (QED) is 0.782. The Morgan fingerprint density at radius 3 is 2.33 bits per heavy atom. The normalized spacial score (nSPS) is 24.2. The van der Waals surface area contributed by atoms with Crippen molar-refractivity contribution in [2.24, 2.45) is 5.92 Å². The average Bonchev–Trinajstić information content (AvgIpc) is 2.44. The Balaban J connectivity index is 2.05. The standard InChI is InChI=1S/C17H17BrO3/c1-9-10(2)16(11-3-5-12(19)6-4-11)21-17-14(9)7-13(20)8-15(17)18/h3-10,16,19-20H,1-2H3/t9-,10+,16-/m1/s1. The highest BCUT2D eigenvalue weighted by Gasteiger charge is 2.35. The van der Waals surface area contributed by atoms with Gasteiger partial charge in [-0.3, -0.25) is 0 Å². The van der Waals surface area contributed by atoms with Crippen molar-refractivity contribution in [3.63, 3.8) is 0 Å². The number of rotatable bonds is 1. The van der Waals surface area contributed by atoms with Crippen molar-refractivity contribution in [1.82, 2.24) is 0 Å². The summed E-state index contributed by atoms with van der Waals surface area (Å²) in [5.74, 6) is 1.80. The molecule has 0 fully saturated rings. The summed E-state index contributed by atoms with van der Waals surface area (Å²) in [6.45, 7) is 4.29. The molecule has 0 radical (unpaired) electrons. The summed E-state index contributed by atoms with van der Waals surface area (Å²) in [6.07, 6.45) is -0.0751. The zero-order valence-electron chi connectivity index (χ0n) is 11.9. The van der Waals surface area contributed by atoms with Gasteiger partial charge in [-0.25, -0.2) is 0 Å². The minimum absolute atomic E-state index is 0.0751. The number of hydrogen-bond acceptors (Lipinski definition) is 3. The second kappa shape index (κ2) is 5.26. The molecule has 3 nitrogen and oxygen atoms in total. The molecule has 4 heteroatoms. The number of benzene rings is 2. The summed E-state index contributed by atoms with van der Waals surface area (Å²) in [4.78, 5) is 0. The number of hydrogen-bond donors (Lipinski definition) is 2. The van der Waals surface area contributed by atoms with E-state index in [0.29, 0.717) is 0 Å². The molecule has 0 unspecified atom stereocenters. The lowest BCUT2D eigenvalue weighted by Crippen LogP contribution is -2.26. The first-order chi connectivity index (χ1) is 9.97. The first-order valence-electron chi connectivity index (χ1n) is 6.95. The van der Waals surface area contributed by atoms with Crippen LogP contribution >= 0.6 is 15.9 Å². The average molecular weight is 349 g/mol. The first kappa shape index (κ1) is 14.3. The zero-order valence-corrected chi connectivity index (χ0v) is 13.5. The maximum atomic E-state index is 9.77. The van der Waals surface area contributed by atoms with Crippen molar-refractivity contribution in [2.75, 3.05) is 0 Å². The van der Waals surface area contributed by atoms with E-state index in [1.807, 2.05) is 12.1 Å². The fourth-order valence-electron chi connectivity index (χ4n) is 2.88. The van der Waals surface area contributed by atoms with Crippen molar-refractivity contribution < 1.29 is 14.9 Å². The Morgan fingerprint density at radius 2 is 1.67 bits per heavy atom. The number of ether oxygens (including phenoxy) is 1. The van der Waals surface area contributed by atoms with Gasteiger partial charge in [-0.05, 0) is 51.7 Å². The van der Waals surface area contributed by atoms with Crippen LogP contribution in [0.2, 0.25) is 0 Å². The molecule has 110 valence electrons. The topological polar surface area (TPSA) is 49.7 Å². The van der Waals surface area contributed by atoms with Crippen molar-refractivity contribution in [2.45, 2.75) is 25.9 Å². The molecule has 0 saturated carbocycles. The molecule has 2 aromatic carbocycles. The fourth-order valence-corrected chi connectivity index (χ4v) is 3.43. The zero-order chi connectivity index (χ0) is 15.1. The lowest BCUT2D eigenvalue weighted by Gasteiger charge is -2.37. The van der Waals surface area contributed by atoms with Crippen LogP contribution in [-0.4, -0.2) is 10.2 Å². The van der Waals surface area contributed by atoms with E-state index in [4.69, 9.17) is 4.74 Å². The van der Waals surface area contributed by atoms with E-state index in [1.54, 1.807) is 24.3 Å². The molecule has 2 N–H and O–H groups in total. The molecule has 2 aromatic rings. The Hall–Kier alpha value is -1.68. The Labute approximate surface area is 132 Å². The van der Waals surface area contributed by atoms with Crippen LogP contribution in [0.5, 0.6) is 17.2 Å². The van der Waals surface area contributed by atoms with E-state index in [-0.39, 0.29) is 29.4 Å². The maximum Gasteiger partial charge on any atom is 0.138 e. The maximum absolute atomic E-state index is 9.77. The van der Waals surface area contributed by atoms with Crippen molar-refractivity contribution in [1.29, 1.82) is 0 Å². The lowest BCUT2D eigenvalue weighted by molar-refractivity contribution is 0.105. The van der Waals surface area contributed by atoms with E-state index in [0.717, 1.165) is 21.3 Å². The number of phenolic OH excluding ortho intramolecular Hbond substituents is 2. The van der Waals surface area contributed by atoms with Gasteiger partial charge < -0.3 is 14.9 Å². The summed E-state index contributed by atoms with van der Waals surface area (Å²) in [7, 11) is 0. The number of phenols is 2. The summed E-state index contributed by atoms with van der Waals surface area (Å²) < 4.78 is 6.95. The predicted octanol–water partition coefficient (Wildman–Crippen LogP) is 4.73. The molecule has 0 bridgehead atoms. The summed E-state index contributed by atoms with van der Waals surface area (Å²) in [5.41, 5.74) is 2.06. The molecule has 0 amide bonds. The molecule has 0 spiro atoms. The van der Waals surface area contributed by atoms with E-state index >= 15 is 0 Å². The second-order valence-electron chi connectivity index (χ2n) is 5.62. The monoisotopic (exact) mass is 348 g/mol. The van der Waals surface area contributed by atoms with Gasteiger partial charge in [0.25, 0.3) is 0 Å². The van der Waals surface area contributed by atoms with Gasteiger partial charge in [0, 0.05) is 11.5 Å². The van der Waals surface area contributed by atoms with Gasteiger partial charge in [-0.15, -0.1) is 0 Å². The molecule has 1 heterocycles. The van der Waals surface area contributed by atoms with E-state index < -0.39 is 0 Å². The second-order valence-corrected chi connectivity index (χ2v) is 6.48. The molecule has 1 aliphatic heterocycles. The Morgan fingerprint density at radius 1 is 1.00 bits per heavy atom. The fraction of sp³-hybridized carbons (Fsp3) is 0.294. The number of halogens is 1. The largest absolute Gasteiger partial charge is 0.508 e. The lowest BCUT2D eigenvalue weighted by atomic mass is 9.80. The molecule has 21 heavy (non-hydrogen) atoms. The van der Waals surface area contributed by atoms with E-state index in [9.17, 15) is 10.2 Å². The van der Waals surface area contributed by atoms with Crippen LogP contribution in [0.15, 0.2) is 40.9 Å². The molecule has 3 rings (SSSR count). The molecular weight excluding hydrogens is 332 g/mol. The van der Waals surface area contributed by atoms with Crippen molar-refractivity contribution >= 4 is 15.9 Å². The van der Waals surface area contributed by atoms with Gasteiger partial charge in [0.1, 0.15) is 23.4 Å². The van der Waals surface area contributed by atoms with Crippen LogP contribution in [0.1, 0.15) is 37.0 Å². The van der Waals surface area contributed by atoms with Gasteiger partial charge >= 0.3 is 0 Å². The van der Waals surface area contributed by atoms with Crippen molar-refractivity contribution in [3.8, 4) is 17.2 Å². The van der Waals surface area contributed by atoms with E-state index in [2.05, 4.69) is 29.8 Å². The minimum Gasteiger partial charge on any atom is -0.508 e. The van der Waals surface area contributed by atoms with Crippen LogP contribution in [0.4, 0.5) is 0 Å². The van der Waals surface area contributed by atoms with Gasteiger partial charge in [-0.1, -0.05) is 26.0 Å². The summed E-state index contributed by atoms with van der Waals surface area (Å²) >= 11 is 3.47. The van der Waals surface area contributed by atoms with Crippen LogP contribution in [0, 0.1) is 5.92 Å². The van der Waals surface area contributed by atoms with Crippen molar-refractivity contribution in [3.05, 3.63) is 52.0 Å². The van der Waals surface area contributed by atoms with Crippen LogP contribution in [0.3, 0.4) is 0 Å². The predicted molar refractivity (Wildman–Crippen MR) is 84.9 cm³/mol. The molecule has 1 aliphatic rings. The third-order valence-electron chi connectivity index (χ3n) is 4.28. The molecular formula is C17H17BrO3. The SMILES string of the molecule is C[C@H]1[C@@H](C)c2cc(O)cc(Br)c2O[C@H]1c1ccc(O)cc1. The highest BCUT2D eigenvalue weighted by atomic mass is 79.9. The molecule has 0 aromatic heterocycles. The van der Waals surface area contributed by atoms with Gasteiger partial charge in [0.05, 0.1) is 4.47 Å². The Bertz CT molecular complexity index is 666. The summed E-state index contributed by atoms with van der Waals surface area (Å²) in [6, 6.07) is 10.6. The summed E-state index contributed by atoms with van der Waals surface area (Å²) in [5, 5.41) is 19.2. The molecule has 3 atom stereocenters. The highest BCUT2D eigenvalue weighted by Crippen LogP contribution is 2.49. The minimum atomic E-state index is -0.0751. The highest BCUT2D eigenvalue weighted by molar-refractivity contribution is 9.10. The molecule has 0 saturated heterocycles. The number of aromatic hydroxyl groups is 2. The van der Waals surface area contributed by atoms with Gasteiger partial charge in [-0.2, -0.15) is 0 Å². The van der Waals surface area contributed by atoms with Gasteiger partial charge in [0.15, 0.2) is 0 Å². The van der Waals surface area contributed by atoms with E-state index in [1.165, 1.54) is 0 Å². The third kappa shape index (κ3) is 2.48. The van der Waals surface area contributed by atoms with Gasteiger partial charge in [0.2, 0.25) is 0 Å².